The Kier molecular flexibility index (Phi) is 5.47. The van der Waals surface area contributed by atoms with Gasteiger partial charge in [0.15, 0.2) is 12.7 Å². The molecule has 0 spiro atoms. The molecule has 0 aliphatic carbocycles. The highest BCUT2D eigenvalue weighted by molar-refractivity contribution is 5.94. The number of aliphatic carboxylic acids is 1. The summed E-state index contributed by atoms with van der Waals surface area (Å²) < 4.78 is 15.7. The summed E-state index contributed by atoms with van der Waals surface area (Å²) in [4.78, 5) is 29.1. The predicted octanol–water partition coefficient (Wildman–Crippen LogP) is 1.14. The Hall–Kier alpha value is -2.94. The van der Waals surface area contributed by atoms with Gasteiger partial charge >= 0.3 is 5.97 Å². The van der Waals surface area contributed by atoms with E-state index in [4.69, 9.17) is 19.1 Å². The first-order valence-electron chi connectivity index (χ1n) is 8.25. The van der Waals surface area contributed by atoms with Gasteiger partial charge in [0.25, 0.3) is 5.91 Å². The van der Waals surface area contributed by atoms with Gasteiger partial charge in [-0.05, 0) is 24.3 Å². The molecule has 3 rings (SSSR count). The van der Waals surface area contributed by atoms with Crippen molar-refractivity contribution in [3.8, 4) is 5.75 Å². The normalized spacial score (nSPS) is 17.1. The van der Waals surface area contributed by atoms with Gasteiger partial charge in [-0.15, -0.1) is 0 Å². The summed E-state index contributed by atoms with van der Waals surface area (Å²) in [6.45, 7) is 2.68. The van der Waals surface area contributed by atoms with Crippen LogP contribution in [-0.4, -0.2) is 57.8 Å². The summed E-state index contributed by atoms with van der Waals surface area (Å²) in [5.41, 5.74) is 0.455. The molecule has 0 radical (unpaired) electrons. The predicted molar refractivity (Wildman–Crippen MR) is 87.7 cm³/mol. The van der Waals surface area contributed by atoms with E-state index >= 15 is 0 Å². The number of rotatable bonds is 6. The Morgan fingerprint density at radius 2 is 2.12 bits per heavy atom. The molecule has 2 aromatic rings. The number of carbonyl (C=O) groups is 2. The number of hydrogen-bond donors (Lipinski definition) is 1. The Morgan fingerprint density at radius 3 is 2.77 bits per heavy atom. The lowest BCUT2D eigenvalue weighted by molar-refractivity contribution is -0.154. The zero-order valence-electron chi connectivity index (χ0n) is 14.3. The van der Waals surface area contributed by atoms with Gasteiger partial charge in [0.2, 0.25) is 11.7 Å². The number of amides is 1. The van der Waals surface area contributed by atoms with Gasteiger partial charge in [-0.3, -0.25) is 4.79 Å². The summed E-state index contributed by atoms with van der Waals surface area (Å²) in [6.07, 6.45) is -0.327. The molecule has 9 heteroatoms. The Bertz CT molecular complexity index is 773. The lowest BCUT2D eigenvalue weighted by Gasteiger charge is -2.30. The Balaban J connectivity index is 1.58. The first-order chi connectivity index (χ1) is 12.6. The van der Waals surface area contributed by atoms with Crippen molar-refractivity contribution >= 4 is 11.9 Å². The van der Waals surface area contributed by atoms with Gasteiger partial charge in [0.05, 0.1) is 13.2 Å². The van der Waals surface area contributed by atoms with Crippen LogP contribution in [0.25, 0.3) is 0 Å². The zero-order chi connectivity index (χ0) is 18.5. The van der Waals surface area contributed by atoms with Crippen LogP contribution in [0, 0.1) is 0 Å². The van der Waals surface area contributed by atoms with Gasteiger partial charge < -0.3 is 24.0 Å². The minimum atomic E-state index is -1.07. The van der Waals surface area contributed by atoms with Crippen molar-refractivity contribution < 1.29 is 28.7 Å². The summed E-state index contributed by atoms with van der Waals surface area (Å²) in [6, 6.07) is 6.61. The van der Waals surface area contributed by atoms with Crippen molar-refractivity contribution in [2.75, 3.05) is 19.7 Å². The number of benzene rings is 1. The molecule has 0 unspecified atom stereocenters. The largest absolute Gasteiger partial charge is 0.485 e. The molecule has 2 heterocycles. The average molecular weight is 361 g/mol. The maximum atomic E-state index is 12.5. The summed E-state index contributed by atoms with van der Waals surface area (Å²) >= 11 is 0. The number of carbonyl (C=O) groups excluding carboxylic acids is 1. The maximum absolute atomic E-state index is 12.5. The summed E-state index contributed by atoms with van der Waals surface area (Å²) in [5, 5.41) is 12.8. The van der Waals surface area contributed by atoms with Crippen LogP contribution in [0.4, 0.5) is 0 Å². The van der Waals surface area contributed by atoms with Crippen LogP contribution >= 0.6 is 0 Å². The van der Waals surface area contributed by atoms with Gasteiger partial charge in [-0.25, -0.2) is 4.79 Å². The fraction of sp³-hybridized carbons (Fsp3) is 0.412. The average Bonchev–Trinajstić information content (AvgIpc) is 3.14. The van der Waals surface area contributed by atoms with Crippen LogP contribution < -0.4 is 4.74 Å². The van der Waals surface area contributed by atoms with E-state index in [1.54, 1.807) is 24.3 Å². The van der Waals surface area contributed by atoms with Crippen molar-refractivity contribution in [1.82, 2.24) is 15.0 Å². The first-order valence-corrected chi connectivity index (χ1v) is 8.25. The van der Waals surface area contributed by atoms with Crippen molar-refractivity contribution in [2.45, 2.75) is 26.1 Å². The molecule has 1 aromatic heterocycles. The fourth-order valence-electron chi connectivity index (χ4n) is 2.50. The molecule has 1 amide bonds. The standard InChI is InChI=1S/C17H19N3O6/c1-2-15-18-14(19-26-15)10-25-12-5-3-11(4-6-12)16(21)20-7-8-24-13(9-20)17(22)23/h3-6,13H,2,7-10H2,1H3,(H,22,23)/t13-/m1/s1. The molecule has 138 valence electrons. The van der Waals surface area contributed by atoms with Crippen LogP contribution in [0.5, 0.6) is 5.75 Å². The van der Waals surface area contributed by atoms with E-state index in [1.807, 2.05) is 6.92 Å². The second-order valence-corrected chi connectivity index (χ2v) is 5.72. The van der Waals surface area contributed by atoms with Crippen molar-refractivity contribution in [1.29, 1.82) is 0 Å². The molecule has 0 saturated carbocycles. The summed E-state index contributed by atoms with van der Waals surface area (Å²) in [7, 11) is 0. The molecule has 1 atom stereocenters. The molecule has 1 aromatic carbocycles. The van der Waals surface area contributed by atoms with Crippen LogP contribution in [-0.2, 0) is 22.6 Å². The Labute approximate surface area is 149 Å². The number of aryl methyl sites for hydroxylation is 1. The molecule has 0 bridgehead atoms. The van der Waals surface area contributed by atoms with Crippen molar-refractivity contribution in [3.05, 3.63) is 41.5 Å². The molecule has 9 nitrogen and oxygen atoms in total. The van der Waals surface area contributed by atoms with E-state index in [0.29, 0.717) is 36.0 Å². The fourth-order valence-corrected chi connectivity index (χ4v) is 2.50. The molecule has 1 fully saturated rings. The molecule has 1 N–H and O–H groups in total. The number of morpholine rings is 1. The van der Waals surface area contributed by atoms with Gasteiger partial charge in [-0.2, -0.15) is 4.98 Å². The van der Waals surface area contributed by atoms with Crippen molar-refractivity contribution in [2.24, 2.45) is 0 Å². The topological polar surface area (TPSA) is 115 Å². The second kappa shape index (κ2) is 7.96. The minimum absolute atomic E-state index is 0.0318. The van der Waals surface area contributed by atoms with Crippen LogP contribution in [0.1, 0.15) is 29.0 Å². The minimum Gasteiger partial charge on any atom is -0.485 e. The maximum Gasteiger partial charge on any atom is 0.334 e. The second-order valence-electron chi connectivity index (χ2n) is 5.72. The smallest absolute Gasteiger partial charge is 0.334 e. The van der Waals surface area contributed by atoms with E-state index in [0.717, 1.165) is 0 Å². The number of carboxylic acids is 1. The molecule has 1 aliphatic heterocycles. The Morgan fingerprint density at radius 1 is 1.35 bits per heavy atom. The third kappa shape index (κ3) is 4.17. The van der Waals surface area contributed by atoms with Crippen LogP contribution in [0.3, 0.4) is 0 Å². The number of nitrogens with zero attached hydrogens (tertiary/aromatic N) is 3. The van der Waals surface area contributed by atoms with Crippen molar-refractivity contribution in [3.63, 3.8) is 0 Å². The number of ether oxygens (including phenoxy) is 2. The molecular weight excluding hydrogens is 342 g/mol. The highest BCUT2D eigenvalue weighted by atomic mass is 16.5. The first kappa shape index (κ1) is 17.9. The van der Waals surface area contributed by atoms with E-state index in [1.165, 1.54) is 4.90 Å². The number of carboxylic acid groups (broad SMARTS) is 1. The highest BCUT2D eigenvalue weighted by Gasteiger charge is 2.29. The molecule has 26 heavy (non-hydrogen) atoms. The molecular formula is C17H19N3O6. The summed E-state index contributed by atoms with van der Waals surface area (Å²) in [5.74, 6) is 0.260. The van der Waals surface area contributed by atoms with Gasteiger partial charge in [0, 0.05) is 18.5 Å². The third-order valence-electron chi connectivity index (χ3n) is 3.91. The quantitative estimate of drug-likeness (QED) is 0.814. The monoisotopic (exact) mass is 361 g/mol. The third-order valence-corrected chi connectivity index (χ3v) is 3.91. The number of aromatic nitrogens is 2. The van der Waals surface area contributed by atoms with Crippen LogP contribution in [0.2, 0.25) is 0 Å². The zero-order valence-corrected chi connectivity index (χ0v) is 14.3. The lowest BCUT2D eigenvalue weighted by atomic mass is 10.1. The van der Waals surface area contributed by atoms with E-state index in [2.05, 4.69) is 10.1 Å². The highest BCUT2D eigenvalue weighted by Crippen LogP contribution is 2.16. The molecule has 1 saturated heterocycles. The lowest BCUT2D eigenvalue weighted by Crippen LogP contribution is -2.48. The van der Waals surface area contributed by atoms with E-state index in [-0.39, 0.29) is 25.7 Å². The molecule has 1 aliphatic rings. The van der Waals surface area contributed by atoms with Crippen LogP contribution in [0.15, 0.2) is 28.8 Å². The SMILES string of the molecule is CCc1nc(COc2ccc(C(=O)N3CCO[C@@H](C(=O)O)C3)cc2)no1. The van der Waals surface area contributed by atoms with Gasteiger partial charge in [0.1, 0.15) is 5.75 Å². The van der Waals surface area contributed by atoms with E-state index < -0.39 is 12.1 Å². The number of hydrogen-bond acceptors (Lipinski definition) is 7. The van der Waals surface area contributed by atoms with E-state index in [9.17, 15) is 9.59 Å². The van der Waals surface area contributed by atoms with Gasteiger partial charge in [-0.1, -0.05) is 12.1 Å².